The van der Waals surface area contributed by atoms with Crippen molar-refractivity contribution < 1.29 is 9.90 Å². The van der Waals surface area contributed by atoms with Gasteiger partial charge in [-0.15, -0.1) is 0 Å². The Balaban J connectivity index is 4.02. The van der Waals surface area contributed by atoms with Gasteiger partial charge in [0.1, 0.15) is 0 Å². The van der Waals surface area contributed by atoms with Crippen LogP contribution in [-0.4, -0.2) is 34.7 Å². The van der Waals surface area contributed by atoms with Gasteiger partial charge in [-0.25, -0.2) is 0 Å². The van der Waals surface area contributed by atoms with Gasteiger partial charge in [0.05, 0.1) is 12.6 Å². The molecule has 0 aliphatic carbocycles. The fourth-order valence-corrected chi connectivity index (χ4v) is 0.918. The zero-order valence-corrected chi connectivity index (χ0v) is 10.6. The Bertz CT molecular complexity index is 217. The molecule has 0 spiro atoms. The lowest BCUT2D eigenvalue weighted by Crippen LogP contribution is -2.53. The summed E-state index contributed by atoms with van der Waals surface area (Å²) in [5.74, 6) is -0.0591. The third-order valence-corrected chi connectivity index (χ3v) is 2.26. The Hall–Kier alpha value is -0.610. The van der Waals surface area contributed by atoms with Crippen molar-refractivity contribution >= 4 is 5.91 Å². The molecule has 0 aliphatic rings. The van der Waals surface area contributed by atoms with Crippen LogP contribution < -0.4 is 10.6 Å². The highest BCUT2D eigenvalue weighted by Crippen LogP contribution is 2.07. The van der Waals surface area contributed by atoms with Gasteiger partial charge in [0, 0.05) is 11.1 Å². The first-order chi connectivity index (χ1) is 6.54. The third kappa shape index (κ3) is 6.47. The van der Waals surface area contributed by atoms with Crippen LogP contribution in [0.25, 0.3) is 0 Å². The van der Waals surface area contributed by atoms with Crippen molar-refractivity contribution in [3.63, 3.8) is 0 Å². The van der Waals surface area contributed by atoms with E-state index < -0.39 is 11.6 Å². The molecule has 0 aliphatic heterocycles. The lowest BCUT2D eigenvalue weighted by molar-refractivity contribution is -0.122. The third-order valence-electron chi connectivity index (χ3n) is 2.26. The summed E-state index contributed by atoms with van der Waals surface area (Å²) < 4.78 is 0. The van der Waals surface area contributed by atoms with Crippen LogP contribution in [0, 0.1) is 0 Å². The normalized spacial score (nSPS) is 14.9. The molecular weight excluding hydrogens is 192 g/mol. The summed E-state index contributed by atoms with van der Waals surface area (Å²) in [7, 11) is 0. The van der Waals surface area contributed by atoms with Crippen molar-refractivity contribution in [2.45, 2.75) is 58.7 Å². The first kappa shape index (κ1) is 14.4. The lowest BCUT2D eigenvalue weighted by atomic mass is 9.99. The number of amides is 1. The predicted molar refractivity (Wildman–Crippen MR) is 61.7 cm³/mol. The second-order valence-electron chi connectivity index (χ2n) is 5.55. The van der Waals surface area contributed by atoms with Gasteiger partial charge in [0.25, 0.3) is 0 Å². The minimum Gasteiger partial charge on any atom is -0.392 e. The smallest absolute Gasteiger partial charge is 0.234 e. The highest BCUT2D eigenvalue weighted by atomic mass is 16.3. The second kappa shape index (κ2) is 4.94. The van der Waals surface area contributed by atoms with E-state index in [0.29, 0.717) is 0 Å². The molecule has 0 rings (SSSR count). The van der Waals surface area contributed by atoms with E-state index in [1.807, 2.05) is 34.6 Å². The van der Waals surface area contributed by atoms with Gasteiger partial charge in [-0.2, -0.15) is 0 Å². The molecule has 0 aromatic heterocycles. The number of rotatable bonds is 4. The first-order valence-corrected chi connectivity index (χ1v) is 5.29. The quantitative estimate of drug-likeness (QED) is 0.646. The van der Waals surface area contributed by atoms with Crippen molar-refractivity contribution in [3.8, 4) is 0 Å². The number of hydrogen-bond donors (Lipinski definition) is 3. The van der Waals surface area contributed by atoms with Crippen LogP contribution in [0.3, 0.4) is 0 Å². The molecule has 0 aromatic carbocycles. The van der Waals surface area contributed by atoms with Crippen molar-refractivity contribution in [1.29, 1.82) is 0 Å². The van der Waals surface area contributed by atoms with E-state index in [-0.39, 0.29) is 18.0 Å². The maximum atomic E-state index is 11.5. The van der Waals surface area contributed by atoms with Gasteiger partial charge < -0.3 is 15.7 Å². The Kier molecular flexibility index (Phi) is 4.74. The van der Waals surface area contributed by atoms with Crippen molar-refractivity contribution in [1.82, 2.24) is 10.6 Å². The molecule has 15 heavy (non-hydrogen) atoms. The number of aliphatic hydroxyl groups excluding tert-OH is 1. The summed E-state index contributed by atoms with van der Waals surface area (Å²) in [6.45, 7) is 11.5. The van der Waals surface area contributed by atoms with E-state index in [0.717, 1.165) is 0 Å². The SMILES string of the molecule is CC(O)C(C)(C)NCC(=O)NC(C)(C)C. The molecule has 0 bridgehead atoms. The van der Waals surface area contributed by atoms with Gasteiger partial charge >= 0.3 is 0 Å². The topological polar surface area (TPSA) is 61.4 Å². The largest absolute Gasteiger partial charge is 0.392 e. The van der Waals surface area contributed by atoms with Gasteiger partial charge in [-0.1, -0.05) is 0 Å². The van der Waals surface area contributed by atoms with Crippen LogP contribution in [0.5, 0.6) is 0 Å². The first-order valence-electron chi connectivity index (χ1n) is 5.29. The molecule has 4 nitrogen and oxygen atoms in total. The number of carbonyl (C=O) groups excluding carboxylic acids is 1. The van der Waals surface area contributed by atoms with Gasteiger partial charge in [0.2, 0.25) is 5.91 Å². The van der Waals surface area contributed by atoms with Crippen LogP contribution in [0.2, 0.25) is 0 Å². The van der Waals surface area contributed by atoms with E-state index >= 15 is 0 Å². The molecule has 0 aromatic rings. The second-order valence-corrected chi connectivity index (χ2v) is 5.55. The number of carbonyl (C=O) groups is 1. The molecule has 1 atom stereocenters. The Morgan fingerprint density at radius 3 is 2.07 bits per heavy atom. The average molecular weight is 216 g/mol. The van der Waals surface area contributed by atoms with Crippen LogP contribution in [0.1, 0.15) is 41.5 Å². The molecule has 0 saturated carbocycles. The van der Waals surface area contributed by atoms with E-state index in [4.69, 9.17) is 0 Å². The number of aliphatic hydroxyl groups is 1. The summed E-state index contributed by atoms with van der Waals surface area (Å²) in [6, 6.07) is 0. The summed E-state index contributed by atoms with van der Waals surface area (Å²) in [4.78, 5) is 11.5. The highest BCUT2D eigenvalue weighted by Gasteiger charge is 2.24. The molecule has 0 radical (unpaired) electrons. The monoisotopic (exact) mass is 216 g/mol. The molecule has 3 N–H and O–H groups in total. The maximum absolute atomic E-state index is 11.5. The Morgan fingerprint density at radius 2 is 1.73 bits per heavy atom. The molecule has 0 fully saturated rings. The van der Waals surface area contributed by atoms with E-state index in [1.165, 1.54) is 0 Å². The standard InChI is InChI=1S/C11H24N2O2/c1-8(14)11(5,6)12-7-9(15)13-10(2,3)4/h8,12,14H,7H2,1-6H3,(H,13,15). The highest BCUT2D eigenvalue weighted by molar-refractivity contribution is 5.78. The molecule has 1 amide bonds. The van der Waals surface area contributed by atoms with E-state index in [2.05, 4.69) is 10.6 Å². The molecule has 4 heteroatoms. The Labute approximate surface area is 92.4 Å². The van der Waals surface area contributed by atoms with Gasteiger partial charge in [0.15, 0.2) is 0 Å². The fourth-order valence-electron chi connectivity index (χ4n) is 0.918. The van der Waals surface area contributed by atoms with Crippen molar-refractivity contribution in [2.24, 2.45) is 0 Å². The minimum atomic E-state index is -0.500. The summed E-state index contributed by atoms with van der Waals surface area (Å²) in [6.07, 6.45) is -0.500. The molecule has 0 heterocycles. The molecular formula is C11H24N2O2. The predicted octanol–water partition coefficient (Wildman–Crippen LogP) is 0.650. The average Bonchev–Trinajstić information content (AvgIpc) is 1.97. The number of hydrogen-bond acceptors (Lipinski definition) is 3. The van der Waals surface area contributed by atoms with Gasteiger partial charge in [-0.3, -0.25) is 4.79 Å². The van der Waals surface area contributed by atoms with Crippen LogP contribution in [0.4, 0.5) is 0 Å². The fraction of sp³-hybridized carbons (Fsp3) is 0.909. The Morgan fingerprint density at radius 1 is 1.27 bits per heavy atom. The summed E-state index contributed by atoms with van der Waals surface area (Å²) in [5.41, 5.74) is -0.664. The molecule has 0 saturated heterocycles. The van der Waals surface area contributed by atoms with Gasteiger partial charge in [-0.05, 0) is 41.5 Å². The van der Waals surface area contributed by atoms with Crippen molar-refractivity contribution in [3.05, 3.63) is 0 Å². The minimum absolute atomic E-state index is 0.0591. The maximum Gasteiger partial charge on any atom is 0.234 e. The molecule has 90 valence electrons. The summed E-state index contributed by atoms with van der Waals surface area (Å²) in [5, 5.41) is 15.3. The zero-order chi connectivity index (χ0) is 12.3. The summed E-state index contributed by atoms with van der Waals surface area (Å²) >= 11 is 0. The van der Waals surface area contributed by atoms with Crippen LogP contribution >= 0.6 is 0 Å². The van der Waals surface area contributed by atoms with E-state index in [9.17, 15) is 9.90 Å². The number of nitrogens with one attached hydrogen (secondary N) is 2. The lowest BCUT2D eigenvalue weighted by Gasteiger charge is -2.30. The van der Waals surface area contributed by atoms with Crippen LogP contribution in [-0.2, 0) is 4.79 Å². The zero-order valence-electron chi connectivity index (χ0n) is 10.6. The molecule has 1 unspecified atom stereocenters. The van der Waals surface area contributed by atoms with Crippen molar-refractivity contribution in [2.75, 3.05) is 6.54 Å². The van der Waals surface area contributed by atoms with E-state index in [1.54, 1.807) is 6.92 Å². The van der Waals surface area contributed by atoms with Crippen LogP contribution in [0.15, 0.2) is 0 Å².